The zero-order valence-electron chi connectivity index (χ0n) is 13.5. The number of thiophene rings is 1. The van der Waals surface area contributed by atoms with E-state index >= 15 is 0 Å². The van der Waals surface area contributed by atoms with Gasteiger partial charge in [-0.25, -0.2) is 0 Å². The Hall–Kier alpha value is -2.92. The van der Waals surface area contributed by atoms with Gasteiger partial charge in [-0.05, 0) is 35.7 Å². The molecule has 1 heterocycles. The van der Waals surface area contributed by atoms with Gasteiger partial charge in [0.1, 0.15) is 5.75 Å². The predicted octanol–water partition coefficient (Wildman–Crippen LogP) is 3.67. The first-order valence-corrected chi connectivity index (χ1v) is 8.72. The highest BCUT2D eigenvalue weighted by Crippen LogP contribution is 2.15. The number of nitrogens with one attached hydrogen (secondary N) is 1. The lowest BCUT2D eigenvalue weighted by atomic mass is 10.0. The number of rotatable bonds is 7. The summed E-state index contributed by atoms with van der Waals surface area (Å²) in [6.07, 6.45) is 0. The van der Waals surface area contributed by atoms with E-state index in [1.54, 1.807) is 47.7 Å². The minimum Gasteiger partial charge on any atom is -0.484 e. The standard InChI is InChI=1S/C20H17NO3S/c22-19(21-13-18-7-4-12-25-18)14-24-17-10-8-16(9-11-17)20(23)15-5-2-1-3-6-15/h1-12H,13-14H2,(H,21,22). The molecular formula is C20H17NO3S. The smallest absolute Gasteiger partial charge is 0.258 e. The summed E-state index contributed by atoms with van der Waals surface area (Å²) in [5.41, 5.74) is 1.23. The molecule has 3 rings (SSSR count). The third-order valence-electron chi connectivity index (χ3n) is 3.56. The molecule has 0 spiro atoms. The second-order valence-corrected chi connectivity index (χ2v) is 6.40. The van der Waals surface area contributed by atoms with Crippen LogP contribution in [-0.2, 0) is 11.3 Å². The largest absolute Gasteiger partial charge is 0.484 e. The minimum atomic E-state index is -0.183. The molecular weight excluding hydrogens is 334 g/mol. The van der Waals surface area contributed by atoms with Crippen molar-refractivity contribution >= 4 is 23.0 Å². The van der Waals surface area contributed by atoms with E-state index in [1.807, 2.05) is 35.7 Å². The summed E-state index contributed by atoms with van der Waals surface area (Å²) in [7, 11) is 0. The Morgan fingerprint density at radius 3 is 2.28 bits per heavy atom. The third-order valence-corrected chi connectivity index (χ3v) is 4.44. The molecule has 0 unspecified atom stereocenters. The summed E-state index contributed by atoms with van der Waals surface area (Å²) < 4.78 is 5.46. The van der Waals surface area contributed by atoms with Gasteiger partial charge in [-0.2, -0.15) is 0 Å². The maximum absolute atomic E-state index is 12.3. The molecule has 0 aliphatic carbocycles. The Labute approximate surface area is 150 Å². The molecule has 2 aromatic carbocycles. The van der Waals surface area contributed by atoms with Gasteiger partial charge in [0.2, 0.25) is 0 Å². The lowest BCUT2D eigenvalue weighted by Crippen LogP contribution is -2.28. The van der Waals surface area contributed by atoms with Gasteiger partial charge in [0.15, 0.2) is 12.4 Å². The molecule has 1 aromatic heterocycles. The van der Waals surface area contributed by atoms with E-state index in [4.69, 9.17) is 4.74 Å². The molecule has 0 radical (unpaired) electrons. The van der Waals surface area contributed by atoms with Gasteiger partial charge >= 0.3 is 0 Å². The molecule has 4 nitrogen and oxygen atoms in total. The second-order valence-electron chi connectivity index (χ2n) is 5.36. The number of benzene rings is 2. The van der Waals surface area contributed by atoms with E-state index in [2.05, 4.69) is 5.32 Å². The molecule has 0 saturated carbocycles. The Kier molecular flexibility index (Phi) is 5.59. The van der Waals surface area contributed by atoms with E-state index < -0.39 is 0 Å². The number of carbonyl (C=O) groups excluding carboxylic acids is 2. The number of ketones is 1. The monoisotopic (exact) mass is 351 g/mol. The zero-order valence-corrected chi connectivity index (χ0v) is 14.3. The molecule has 1 amide bonds. The van der Waals surface area contributed by atoms with E-state index in [0.29, 0.717) is 23.4 Å². The number of hydrogen-bond donors (Lipinski definition) is 1. The summed E-state index contributed by atoms with van der Waals surface area (Å²) >= 11 is 1.59. The topological polar surface area (TPSA) is 55.4 Å². The van der Waals surface area contributed by atoms with Gasteiger partial charge in [0.05, 0.1) is 6.54 Å². The Balaban J connectivity index is 1.50. The molecule has 3 aromatic rings. The lowest BCUT2D eigenvalue weighted by Gasteiger charge is -2.07. The molecule has 1 N–H and O–H groups in total. The van der Waals surface area contributed by atoms with E-state index in [1.165, 1.54) is 0 Å². The van der Waals surface area contributed by atoms with Crippen LogP contribution in [0.5, 0.6) is 5.75 Å². The maximum atomic E-state index is 12.3. The second kappa shape index (κ2) is 8.26. The summed E-state index contributed by atoms with van der Waals surface area (Å²) in [4.78, 5) is 25.2. The number of amides is 1. The van der Waals surface area contributed by atoms with Gasteiger partial charge in [-0.3, -0.25) is 9.59 Å². The quantitative estimate of drug-likeness (QED) is 0.661. The van der Waals surface area contributed by atoms with Crippen molar-refractivity contribution in [1.29, 1.82) is 0 Å². The van der Waals surface area contributed by atoms with Crippen LogP contribution in [0.1, 0.15) is 20.8 Å². The highest BCUT2D eigenvalue weighted by Gasteiger charge is 2.09. The van der Waals surface area contributed by atoms with Gasteiger partial charge in [0, 0.05) is 16.0 Å². The molecule has 126 valence electrons. The molecule has 0 saturated heterocycles. The first kappa shape index (κ1) is 16.9. The third kappa shape index (κ3) is 4.78. The zero-order chi connectivity index (χ0) is 17.5. The SMILES string of the molecule is O=C(COc1ccc(C(=O)c2ccccc2)cc1)NCc1cccs1. The van der Waals surface area contributed by atoms with Crippen molar-refractivity contribution in [1.82, 2.24) is 5.32 Å². The normalized spacial score (nSPS) is 10.2. The van der Waals surface area contributed by atoms with Crippen LogP contribution in [0.25, 0.3) is 0 Å². The van der Waals surface area contributed by atoms with Gasteiger partial charge < -0.3 is 10.1 Å². The molecule has 0 bridgehead atoms. The highest BCUT2D eigenvalue weighted by molar-refractivity contribution is 7.09. The van der Waals surface area contributed by atoms with Crippen LogP contribution in [0.2, 0.25) is 0 Å². The van der Waals surface area contributed by atoms with E-state index in [-0.39, 0.29) is 18.3 Å². The Morgan fingerprint density at radius 1 is 0.880 bits per heavy atom. The van der Waals surface area contributed by atoms with Crippen molar-refractivity contribution < 1.29 is 14.3 Å². The molecule has 0 aliphatic rings. The van der Waals surface area contributed by atoms with Crippen molar-refractivity contribution in [2.75, 3.05) is 6.61 Å². The van der Waals surface area contributed by atoms with Crippen LogP contribution in [0.15, 0.2) is 72.1 Å². The number of hydrogen-bond acceptors (Lipinski definition) is 4. The summed E-state index contributed by atoms with van der Waals surface area (Å²) in [6.45, 7) is 0.446. The van der Waals surface area contributed by atoms with Crippen molar-refractivity contribution in [3.05, 3.63) is 88.1 Å². The van der Waals surface area contributed by atoms with Crippen molar-refractivity contribution in [3.8, 4) is 5.75 Å². The van der Waals surface area contributed by atoms with Crippen LogP contribution in [0, 0.1) is 0 Å². The van der Waals surface area contributed by atoms with Crippen LogP contribution in [0.3, 0.4) is 0 Å². The molecule has 0 aliphatic heterocycles. The fourth-order valence-electron chi connectivity index (χ4n) is 2.26. The summed E-state index contributed by atoms with van der Waals surface area (Å²) in [6, 6.07) is 19.8. The van der Waals surface area contributed by atoms with Crippen LogP contribution < -0.4 is 10.1 Å². The maximum Gasteiger partial charge on any atom is 0.258 e. The molecule has 25 heavy (non-hydrogen) atoms. The van der Waals surface area contributed by atoms with Crippen LogP contribution in [0.4, 0.5) is 0 Å². The van der Waals surface area contributed by atoms with Crippen molar-refractivity contribution in [2.45, 2.75) is 6.54 Å². The van der Waals surface area contributed by atoms with Gasteiger partial charge in [0.25, 0.3) is 5.91 Å². The minimum absolute atomic E-state index is 0.0409. The van der Waals surface area contributed by atoms with E-state index in [9.17, 15) is 9.59 Å². The number of ether oxygens (including phenoxy) is 1. The average Bonchev–Trinajstić information content (AvgIpc) is 3.19. The van der Waals surface area contributed by atoms with Gasteiger partial charge in [-0.15, -0.1) is 11.3 Å². The lowest BCUT2D eigenvalue weighted by molar-refractivity contribution is -0.123. The Morgan fingerprint density at radius 2 is 1.60 bits per heavy atom. The van der Waals surface area contributed by atoms with Gasteiger partial charge in [-0.1, -0.05) is 36.4 Å². The Bertz CT molecular complexity index is 827. The van der Waals surface area contributed by atoms with Crippen molar-refractivity contribution in [2.24, 2.45) is 0 Å². The fourth-order valence-corrected chi connectivity index (χ4v) is 2.90. The molecule has 0 fully saturated rings. The van der Waals surface area contributed by atoms with Crippen molar-refractivity contribution in [3.63, 3.8) is 0 Å². The predicted molar refractivity (Wildman–Crippen MR) is 98.0 cm³/mol. The molecule has 0 atom stereocenters. The summed E-state index contributed by atoms with van der Waals surface area (Å²) in [5, 5.41) is 4.77. The average molecular weight is 351 g/mol. The highest BCUT2D eigenvalue weighted by atomic mass is 32.1. The van der Waals surface area contributed by atoms with E-state index in [0.717, 1.165) is 4.88 Å². The van der Waals surface area contributed by atoms with Crippen LogP contribution in [-0.4, -0.2) is 18.3 Å². The number of carbonyl (C=O) groups is 2. The summed E-state index contributed by atoms with van der Waals surface area (Å²) in [5.74, 6) is 0.328. The fraction of sp³-hybridized carbons (Fsp3) is 0.100. The first-order chi connectivity index (χ1) is 12.2. The molecule has 5 heteroatoms. The van der Waals surface area contributed by atoms with Crippen LogP contribution >= 0.6 is 11.3 Å². The first-order valence-electron chi connectivity index (χ1n) is 7.84.